The Morgan fingerprint density at radius 1 is 0.600 bits per heavy atom. The zero-order chi connectivity index (χ0) is 26.4. The summed E-state index contributed by atoms with van der Waals surface area (Å²) in [6.45, 7) is 13.0. The van der Waals surface area contributed by atoms with Crippen LogP contribution in [0.15, 0.2) is 24.3 Å². The van der Waals surface area contributed by atoms with Crippen LogP contribution in [0.1, 0.15) is 52.7 Å². The normalized spacial score (nSPS) is 12.1. The Morgan fingerprint density at radius 3 is 1.23 bits per heavy atom. The highest BCUT2D eigenvalue weighted by Crippen LogP contribution is 2.48. The Labute approximate surface area is 211 Å². The summed E-state index contributed by atoms with van der Waals surface area (Å²) in [5, 5.41) is 1.72. The lowest BCUT2D eigenvalue weighted by atomic mass is 9.86. The summed E-state index contributed by atoms with van der Waals surface area (Å²) >= 11 is 0. The summed E-state index contributed by atoms with van der Waals surface area (Å²) < 4.78 is 40.5. The van der Waals surface area contributed by atoms with Crippen LogP contribution in [0.3, 0.4) is 0 Å². The van der Waals surface area contributed by atoms with E-state index in [2.05, 4.69) is 41.5 Å². The highest BCUT2D eigenvalue weighted by atomic mass is 31.1. The van der Waals surface area contributed by atoms with Gasteiger partial charge in [-0.2, -0.15) is 0 Å². The number of benzene rings is 2. The fourth-order valence-electron chi connectivity index (χ4n) is 3.69. The number of ether oxygens (including phenoxy) is 6. The minimum atomic E-state index is -1.42. The van der Waals surface area contributed by atoms with Crippen LogP contribution in [0.2, 0.25) is 0 Å². The Bertz CT molecular complexity index is 899. The predicted octanol–water partition coefficient (Wildman–Crippen LogP) is 5.26. The van der Waals surface area contributed by atoms with Gasteiger partial charge in [0.1, 0.15) is 23.0 Å². The fraction of sp³-hybridized carbons (Fsp3) is 0.556. The van der Waals surface area contributed by atoms with E-state index in [1.165, 1.54) is 0 Å². The minimum absolute atomic E-state index is 0.105. The average Bonchev–Trinajstić information content (AvgIpc) is 2.80. The molecule has 0 atom stereocenters. The van der Waals surface area contributed by atoms with Crippen molar-refractivity contribution in [1.29, 1.82) is 0 Å². The molecule has 0 saturated heterocycles. The van der Waals surface area contributed by atoms with Crippen molar-refractivity contribution in [2.45, 2.75) is 52.4 Å². The molecule has 0 heterocycles. The molecule has 0 fully saturated rings. The van der Waals surface area contributed by atoms with Gasteiger partial charge in [-0.05, 0) is 35.1 Å². The van der Waals surface area contributed by atoms with Crippen molar-refractivity contribution < 1.29 is 32.9 Å². The Kier molecular flexibility index (Phi) is 10.2. The minimum Gasteiger partial charge on any atom is -0.497 e. The first kappa shape index (κ1) is 29.2. The van der Waals surface area contributed by atoms with Crippen LogP contribution in [0.5, 0.6) is 23.0 Å². The highest BCUT2D eigenvalue weighted by molar-refractivity contribution is 7.69. The molecule has 0 radical (unpaired) electrons. The van der Waals surface area contributed by atoms with E-state index in [0.29, 0.717) is 11.5 Å². The number of methoxy groups -OCH3 is 4. The molecule has 2 aromatic carbocycles. The molecule has 0 amide bonds. The molecule has 0 aliphatic carbocycles. The van der Waals surface area contributed by atoms with E-state index < -0.39 is 8.15 Å². The number of hydrogen-bond donors (Lipinski definition) is 0. The molecular weight excluding hydrogens is 467 g/mol. The maximum atomic E-state index is 6.21. The molecule has 0 aromatic heterocycles. The third-order valence-electron chi connectivity index (χ3n) is 5.44. The van der Waals surface area contributed by atoms with Crippen LogP contribution >= 0.6 is 8.15 Å². The SMILES string of the molecule is COCOc1c(P(OC)c2cc(OC)cc(C(C)(C)C)c2OCOC)cc(OC)cc1C(C)(C)C. The molecule has 8 heteroatoms. The van der Waals surface area contributed by atoms with Crippen LogP contribution in [-0.2, 0) is 24.8 Å². The quantitative estimate of drug-likeness (QED) is 0.303. The van der Waals surface area contributed by atoms with Crippen molar-refractivity contribution in [3.63, 3.8) is 0 Å². The zero-order valence-corrected chi connectivity index (χ0v) is 23.9. The van der Waals surface area contributed by atoms with Gasteiger partial charge in [0.05, 0.1) is 33.0 Å². The Morgan fingerprint density at radius 2 is 0.971 bits per heavy atom. The predicted molar refractivity (Wildman–Crippen MR) is 142 cm³/mol. The summed E-state index contributed by atoms with van der Waals surface area (Å²) in [6.07, 6.45) is 0. The molecule has 196 valence electrons. The molecule has 7 nitrogen and oxygen atoms in total. The molecule has 0 aliphatic heterocycles. The van der Waals surface area contributed by atoms with Crippen LogP contribution in [0, 0.1) is 0 Å². The maximum absolute atomic E-state index is 6.21. The van der Waals surface area contributed by atoms with Gasteiger partial charge in [-0.3, -0.25) is 0 Å². The van der Waals surface area contributed by atoms with Crippen molar-refractivity contribution in [3.8, 4) is 23.0 Å². The van der Waals surface area contributed by atoms with Crippen molar-refractivity contribution in [2.24, 2.45) is 0 Å². The van der Waals surface area contributed by atoms with Crippen molar-refractivity contribution in [2.75, 3.05) is 49.1 Å². The zero-order valence-electron chi connectivity index (χ0n) is 23.0. The van der Waals surface area contributed by atoms with Gasteiger partial charge in [-0.25, -0.2) is 0 Å². The summed E-state index contributed by atoms with van der Waals surface area (Å²) in [7, 11) is 6.81. The first-order valence-corrected chi connectivity index (χ1v) is 12.7. The molecule has 0 N–H and O–H groups in total. The molecule has 0 unspecified atom stereocenters. The highest BCUT2D eigenvalue weighted by Gasteiger charge is 2.32. The number of rotatable bonds is 11. The van der Waals surface area contributed by atoms with Crippen LogP contribution in [-0.4, -0.2) is 49.1 Å². The lowest BCUT2D eigenvalue weighted by Gasteiger charge is -2.30. The van der Waals surface area contributed by atoms with E-state index in [-0.39, 0.29) is 24.4 Å². The van der Waals surface area contributed by atoms with Crippen LogP contribution in [0.4, 0.5) is 0 Å². The largest absolute Gasteiger partial charge is 0.497 e. The Hall–Kier alpha value is -2.05. The third-order valence-corrected chi connectivity index (χ3v) is 7.34. The van der Waals surface area contributed by atoms with Crippen molar-refractivity contribution >= 4 is 18.8 Å². The second kappa shape index (κ2) is 12.3. The van der Waals surface area contributed by atoms with Crippen molar-refractivity contribution in [1.82, 2.24) is 0 Å². The third kappa shape index (κ3) is 7.01. The average molecular weight is 509 g/mol. The van der Waals surface area contributed by atoms with E-state index in [1.54, 1.807) is 35.5 Å². The molecule has 35 heavy (non-hydrogen) atoms. The van der Waals surface area contributed by atoms with E-state index >= 15 is 0 Å². The van der Waals surface area contributed by atoms with Gasteiger partial charge < -0.3 is 32.9 Å². The molecule has 0 aliphatic rings. The first-order chi connectivity index (χ1) is 16.4. The van der Waals surface area contributed by atoms with E-state index in [1.807, 2.05) is 24.3 Å². The monoisotopic (exact) mass is 508 g/mol. The molecule has 2 rings (SSSR count). The first-order valence-electron chi connectivity index (χ1n) is 11.5. The molecule has 2 aromatic rings. The van der Waals surface area contributed by atoms with E-state index in [4.69, 9.17) is 32.9 Å². The second-order valence-electron chi connectivity index (χ2n) is 10.1. The molecular formula is C27H41O7P. The van der Waals surface area contributed by atoms with Gasteiger partial charge in [0.2, 0.25) is 0 Å². The van der Waals surface area contributed by atoms with E-state index in [9.17, 15) is 0 Å². The topological polar surface area (TPSA) is 64.6 Å². The lowest BCUT2D eigenvalue weighted by molar-refractivity contribution is 0.0504. The molecule has 0 bridgehead atoms. The lowest BCUT2D eigenvalue weighted by Crippen LogP contribution is -2.26. The van der Waals surface area contributed by atoms with Gasteiger partial charge in [-0.1, -0.05) is 41.5 Å². The smallest absolute Gasteiger partial charge is 0.188 e. The standard InChI is InChI=1S/C27H41O7P/c1-26(2,3)20-12-18(30-9)14-22(24(20)33-16-28-7)35(32-11)23-15-19(31-10)13-21(27(4,5)6)25(23)34-17-29-8/h12-15H,16-17H2,1-11H3. The van der Waals surface area contributed by atoms with Crippen molar-refractivity contribution in [3.05, 3.63) is 35.4 Å². The summed E-state index contributed by atoms with van der Waals surface area (Å²) in [4.78, 5) is 0. The molecule has 0 spiro atoms. The van der Waals surface area contributed by atoms with Crippen LogP contribution < -0.4 is 29.6 Å². The van der Waals surface area contributed by atoms with E-state index in [0.717, 1.165) is 33.2 Å². The summed E-state index contributed by atoms with van der Waals surface area (Å²) in [5.41, 5.74) is 1.54. The summed E-state index contributed by atoms with van der Waals surface area (Å²) in [5.74, 6) is 2.87. The van der Waals surface area contributed by atoms with Gasteiger partial charge in [0.25, 0.3) is 0 Å². The Balaban J connectivity index is 2.94. The van der Waals surface area contributed by atoms with Gasteiger partial charge in [0, 0.05) is 32.5 Å². The van der Waals surface area contributed by atoms with Crippen LogP contribution in [0.25, 0.3) is 0 Å². The van der Waals surface area contributed by atoms with Gasteiger partial charge in [-0.15, -0.1) is 0 Å². The van der Waals surface area contributed by atoms with Gasteiger partial charge >= 0.3 is 0 Å². The number of hydrogen-bond acceptors (Lipinski definition) is 7. The summed E-state index contributed by atoms with van der Waals surface area (Å²) in [6, 6.07) is 7.94. The molecule has 0 saturated carbocycles. The fourth-order valence-corrected chi connectivity index (χ4v) is 5.57. The maximum Gasteiger partial charge on any atom is 0.188 e. The van der Waals surface area contributed by atoms with Gasteiger partial charge in [0.15, 0.2) is 13.6 Å². The second-order valence-corrected chi connectivity index (χ2v) is 12.0.